The number of nitrogens with zero attached hydrogens (tertiary/aromatic N) is 1. The van der Waals surface area contributed by atoms with Gasteiger partial charge in [0.1, 0.15) is 11.2 Å². The number of halogens is 1. The average molecular weight is 131 g/mol. The summed E-state index contributed by atoms with van der Waals surface area (Å²) in [5.74, 6) is -1.78. The SMILES string of the molecule is O=[N+]([O-])c1occc1F. The highest BCUT2D eigenvalue weighted by Crippen LogP contribution is 2.15. The zero-order valence-electron chi connectivity index (χ0n) is 4.20. The molecule has 0 spiro atoms. The van der Waals surface area contributed by atoms with Gasteiger partial charge in [0, 0.05) is 6.07 Å². The molecule has 0 saturated carbocycles. The minimum Gasteiger partial charge on any atom is -0.407 e. The molecule has 0 aliphatic rings. The van der Waals surface area contributed by atoms with Crippen molar-refractivity contribution in [2.45, 2.75) is 0 Å². The van der Waals surface area contributed by atoms with Crippen molar-refractivity contribution in [3.63, 3.8) is 0 Å². The highest BCUT2D eigenvalue weighted by Gasteiger charge is 2.16. The molecule has 48 valence electrons. The van der Waals surface area contributed by atoms with Crippen molar-refractivity contribution in [3.05, 3.63) is 28.3 Å². The molecule has 0 unspecified atom stereocenters. The second kappa shape index (κ2) is 1.85. The number of nitro groups is 1. The minimum absolute atomic E-state index is 0.838. The molecule has 5 heteroatoms. The number of hydrogen-bond acceptors (Lipinski definition) is 3. The lowest BCUT2D eigenvalue weighted by Gasteiger charge is -1.79. The van der Waals surface area contributed by atoms with Crippen LogP contribution in [0.15, 0.2) is 16.7 Å². The molecule has 0 aromatic carbocycles. The van der Waals surface area contributed by atoms with Crippen molar-refractivity contribution >= 4 is 5.88 Å². The lowest BCUT2D eigenvalue weighted by molar-refractivity contribution is -0.404. The molecular weight excluding hydrogens is 129 g/mol. The Kier molecular flexibility index (Phi) is 1.18. The summed E-state index contributed by atoms with van der Waals surface area (Å²) < 4.78 is 16.2. The fourth-order valence-corrected chi connectivity index (χ4v) is 0.416. The maximum atomic E-state index is 12.1. The Morgan fingerprint density at radius 2 is 2.44 bits per heavy atom. The van der Waals surface area contributed by atoms with Gasteiger partial charge in [0.15, 0.2) is 0 Å². The first kappa shape index (κ1) is 5.74. The maximum Gasteiger partial charge on any atom is 0.469 e. The predicted octanol–water partition coefficient (Wildman–Crippen LogP) is 1.33. The van der Waals surface area contributed by atoms with Gasteiger partial charge in [-0.15, -0.1) is 0 Å². The van der Waals surface area contributed by atoms with E-state index in [-0.39, 0.29) is 0 Å². The summed E-state index contributed by atoms with van der Waals surface area (Å²) in [6, 6.07) is 0.887. The van der Waals surface area contributed by atoms with E-state index in [4.69, 9.17) is 0 Å². The summed E-state index contributed by atoms with van der Waals surface area (Å²) in [6.07, 6.45) is 0.924. The first-order chi connectivity index (χ1) is 4.22. The van der Waals surface area contributed by atoms with E-state index in [1.165, 1.54) is 0 Å². The van der Waals surface area contributed by atoms with E-state index < -0.39 is 16.6 Å². The Balaban J connectivity index is 3.08. The van der Waals surface area contributed by atoms with Crippen LogP contribution in [-0.4, -0.2) is 4.92 Å². The van der Waals surface area contributed by atoms with E-state index in [2.05, 4.69) is 4.42 Å². The number of rotatable bonds is 1. The van der Waals surface area contributed by atoms with Crippen molar-refractivity contribution < 1.29 is 13.7 Å². The Labute approximate surface area is 49.0 Å². The highest BCUT2D eigenvalue weighted by molar-refractivity contribution is 5.15. The van der Waals surface area contributed by atoms with Gasteiger partial charge in [0.2, 0.25) is 5.82 Å². The van der Waals surface area contributed by atoms with Crippen molar-refractivity contribution in [1.82, 2.24) is 0 Å². The molecule has 0 aliphatic carbocycles. The van der Waals surface area contributed by atoms with Crippen LogP contribution >= 0.6 is 0 Å². The first-order valence-electron chi connectivity index (χ1n) is 2.09. The molecule has 1 heterocycles. The van der Waals surface area contributed by atoms with Gasteiger partial charge in [-0.25, -0.2) is 0 Å². The summed E-state index contributed by atoms with van der Waals surface area (Å²) in [7, 11) is 0. The third-order valence-corrected chi connectivity index (χ3v) is 0.764. The molecule has 0 amide bonds. The van der Waals surface area contributed by atoms with E-state index >= 15 is 0 Å². The number of furan rings is 1. The van der Waals surface area contributed by atoms with Gasteiger partial charge in [-0.3, -0.25) is 10.1 Å². The van der Waals surface area contributed by atoms with Crippen LogP contribution < -0.4 is 0 Å². The molecule has 1 rings (SSSR count). The monoisotopic (exact) mass is 131 g/mol. The first-order valence-corrected chi connectivity index (χ1v) is 2.09. The van der Waals surface area contributed by atoms with E-state index in [1.54, 1.807) is 0 Å². The quantitative estimate of drug-likeness (QED) is 0.426. The van der Waals surface area contributed by atoms with Crippen LogP contribution in [-0.2, 0) is 0 Å². The number of hydrogen-bond donors (Lipinski definition) is 0. The molecule has 0 radical (unpaired) electrons. The second-order valence-electron chi connectivity index (χ2n) is 1.33. The van der Waals surface area contributed by atoms with Crippen molar-refractivity contribution in [1.29, 1.82) is 0 Å². The van der Waals surface area contributed by atoms with Gasteiger partial charge in [0.25, 0.3) is 0 Å². The molecule has 9 heavy (non-hydrogen) atoms. The summed E-state index contributed by atoms with van der Waals surface area (Å²) in [6.45, 7) is 0. The van der Waals surface area contributed by atoms with E-state index in [0.717, 1.165) is 12.3 Å². The van der Waals surface area contributed by atoms with Crippen molar-refractivity contribution in [2.75, 3.05) is 0 Å². The van der Waals surface area contributed by atoms with E-state index in [9.17, 15) is 14.5 Å². The fourth-order valence-electron chi connectivity index (χ4n) is 0.416. The minimum atomic E-state index is -0.944. The molecule has 0 N–H and O–H groups in total. The fraction of sp³-hybridized carbons (Fsp3) is 0. The highest BCUT2D eigenvalue weighted by atomic mass is 19.1. The van der Waals surface area contributed by atoms with Gasteiger partial charge in [-0.05, 0) is 0 Å². The Morgan fingerprint density at radius 3 is 2.67 bits per heavy atom. The van der Waals surface area contributed by atoms with Gasteiger partial charge in [-0.1, -0.05) is 0 Å². The van der Waals surface area contributed by atoms with E-state index in [0.29, 0.717) is 0 Å². The molecule has 0 saturated heterocycles. The standard InChI is InChI=1S/C4H2FNO3/c5-3-1-2-9-4(3)6(7)8/h1-2H. The predicted molar refractivity (Wildman–Crippen MR) is 25.3 cm³/mol. The van der Waals surface area contributed by atoms with Crippen molar-refractivity contribution in [2.24, 2.45) is 0 Å². The Hall–Kier alpha value is -1.39. The van der Waals surface area contributed by atoms with Crippen LogP contribution in [0, 0.1) is 15.9 Å². The molecule has 0 atom stereocenters. The average Bonchev–Trinajstić information content (AvgIpc) is 2.13. The summed E-state index contributed by atoms with van der Waals surface area (Å²) in [5.41, 5.74) is 0. The third kappa shape index (κ3) is 0.883. The second-order valence-corrected chi connectivity index (χ2v) is 1.33. The largest absolute Gasteiger partial charge is 0.469 e. The van der Waals surface area contributed by atoms with Crippen LogP contribution in [0.2, 0.25) is 0 Å². The van der Waals surface area contributed by atoms with Crippen molar-refractivity contribution in [3.8, 4) is 0 Å². The molecule has 0 bridgehead atoms. The molecule has 1 aromatic heterocycles. The summed E-state index contributed by atoms with van der Waals surface area (Å²) in [5, 5.41) is 9.75. The maximum absolute atomic E-state index is 12.1. The van der Waals surface area contributed by atoms with Crippen LogP contribution in [0.1, 0.15) is 0 Å². The zero-order valence-corrected chi connectivity index (χ0v) is 4.20. The lowest BCUT2D eigenvalue weighted by atomic mass is 10.6. The molecule has 0 aliphatic heterocycles. The van der Waals surface area contributed by atoms with Gasteiger partial charge >= 0.3 is 5.88 Å². The topological polar surface area (TPSA) is 56.3 Å². The third-order valence-electron chi connectivity index (χ3n) is 0.764. The molecular formula is C4H2FNO3. The molecule has 1 aromatic rings. The van der Waals surface area contributed by atoms with Crippen LogP contribution in [0.3, 0.4) is 0 Å². The van der Waals surface area contributed by atoms with E-state index in [1.807, 2.05) is 0 Å². The van der Waals surface area contributed by atoms with Crippen LogP contribution in [0.25, 0.3) is 0 Å². The normalized spacial score (nSPS) is 9.44. The molecule has 0 fully saturated rings. The summed E-state index contributed by atoms with van der Waals surface area (Å²) >= 11 is 0. The van der Waals surface area contributed by atoms with Crippen LogP contribution in [0.4, 0.5) is 10.3 Å². The smallest absolute Gasteiger partial charge is 0.407 e. The zero-order chi connectivity index (χ0) is 6.85. The Morgan fingerprint density at radius 1 is 1.78 bits per heavy atom. The van der Waals surface area contributed by atoms with Gasteiger partial charge in [-0.2, -0.15) is 4.39 Å². The molecule has 4 nitrogen and oxygen atoms in total. The summed E-state index contributed by atoms with van der Waals surface area (Å²) in [4.78, 5) is 8.83. The van der Waals surface area contributed by atoms with Gasteiger partial charge in [0.05, 0.1) is 0 Å². The lowest BCUT2D eigenvalue weighted by Crippen LogP contribution is -1.86. The van der Waals surface area contributed by atoms with Crippen LogP contribution in [0.5, 0.6) is 0 Å². The Bertz CT molecular complexity index is 231. The van der Waals surface area contributed by atoms with Gasteiger partial charge < -0.3 is 4.42 Å².